The van der Waals surface area contributed by atoms with E-state index < -0.39 is 11.6 Å². The highest BCUT2D eigenvalue weighted by Crippen LogP contribution is 2.32. The summed E-state index contributed by atoms with van der Waals surface area (Å²) >= 11 is 0. The second-order valence-corrected chi connectivity index (χ2v) is 8.31. The van der Waals surface area contributed by atoms with Crippen LogP contribution in [0.4, 0.5) is 20.4 Å². The average molecular weight is 441 g/mol. The summed E-state index contributed by atoms with van der Waals surface area (Å²) in [6, 6.07) is 9.68. The Balaban J connectivity index is 1.22. The van der Waals surface area contributed by atoms with Gasteiger partial charge in [-0.15, -0.1) is 5.10 Å². The van der Waals surface area contributed by atoms with Crippen molar-refractivity contribution in [3.8, 4) is 11.4 Å². The molecule has 5 rings (SSSR count). The predicted molar refractivity (Wildman–Crippen MR) is 116 cm³/mol. The molecule has 3 aromatic rings. The molecule has 32 heavy (non-hydrogen) atoms. The van der Waals surface area contributed by atoms with Gasteiger partial charge in [0.15, 0.2) is 0 Å². The molecule has 1 saturated heterocycles. The maximum atomic E-state index is 13.5. The van der Waals surface area contributed by atoms with Gasteiger partial charge in [0, 0.05) is 49.8 Å². The van der Waals surface area contributed by atoms with Gasteiger partial charge in [0.05, 0.1) is 18.9 Å². The second kappa shape index (κ2) is 8.84. The highest BCUT2D eigenvalue weighted by atomic mass is 19.1. The smallest absolute Gasteiger partial charge is 0.246 e. The van der Waals surface area contributed by atoms with Gasteiger partial charge in [-0.1, -0.05) is 0 Å². The Labute approximate surface area is 185 Å². The number of morpholine rings is 1. The summed E-state index contributed by atoms with van der Waals surface area (Å²) in [6.07, 6.45) is 3.65. The van der Waals surface area contributed by atoms with Crippen LogP contribution in [0.3, 0.4) is 0 Å². The number of ether oxygens (including phenoxy) is 2. The van der Waals surface area contributed by atoms with Crippen molar-refractivity contribution in [1.82, 2.24) is 19.7 Å². The maximum Gasteiger partial charge on any atom is 0.246 e. The van der Waals surface area contributed by atoms with Crippen LogP contribution in [-0.4, -0.2) is 58.1 Å². The summed E-state index contributed by atoms with van der Waals surface area (Å²) < 4.78 is 39.9. The number of benzene rings is 2. The van der Waals surface area contributed by atoms with E-state index in [1.54, 1.807) is 0 Å². The first kappa shape index (κ1) is 20.8. The van der Waals surface area contributed by atoms with Crippen LogP contribution in [0.15, 0.2) is 42.7 Å². The zero-order chi connectivity index (χ0) is 22.1. The molecule has 0 atom stereocenters. The van der Waals surface area contributed by atoms with E-state index in [1.165, 1.54) is 23.1 Å². The quantitative estimate of drug-likeness (QED) is 0.627. The highest BCUT2D eigenvalue weighted by molar-refractivity contribution is 5.57. The van der Waals surface area contributed by atoms with Gasteiger partial charge in [0.25, 0.3) is 0 Å². The number of hydrogen-bond donors (Lipinski definition) is 1. The Hall–Kier alpha value is -3.04. The molecule has 1 N–H and O–H groups in total. The number of nitrogens with one attached hydrogen (secondary N) is 1. The van der Waals surface area contributed by atoms with Gasteiger partial charge >= 0.3 is 0 Å². The minimum atomic E-state index is -0.669. The summed E-state index contributed by atoms with van der Waals surface area (Å²) in [5.74, 6) is -0.221. The monoisotopic (exact) mass is 441 g/mol. The molecular weight excluding hydrogens is 416 g/mol. The third kappa shape index (κ3) is 4.73. The van der Waals surface area contributed by atoms with E-state index in [-0.39, 0.29) is 11.8 Å². The molecule has 0 unspecified atom stereocenters. The molecule has 1 aliphatic heterocycles. The van der Waals surface area contributed by atoms with Gasteiger partial charge in [-0.2, -0.15) is 4.98 Å². The predicted octanol–water partition coefficient (Wildman–Crippen LogP) is 3.84. The van der Waals surface area contributed by atoms with E-state index in [0.717, 1.165) is 62.2 Å². The van der Waals surface area contributed by atoms with E-state index in [2.05, 4.69) is 20.3 Å². The van der Waals surface area contributed by atoms with Crippen LogP contribution in [-0.2, 0) is 4.74 Å². The van der Waals surface area contributed by atoms with Gasteiger partial charge in [-0.05, 0) is 36.8 Å². The largest absolute Gasteiger partial charge is 0.490 e. The Bertz CT molecular complexity index is 1070. The third-order valence-electron chi connectivity index (χ3n) is 5.85. The van der Waals surface area contributed by atoms with Gasteiger partial charge < -0.3 is 14.8 Å². The Kier molecular flexibility index (Phi) is 5.75. The number of aryl methyl sites for hydroxylation is 1. The number of aromatic nitrogens is 3. The van der Waals surface area contributed by atoms with Crippen molar-refractivity contribution in [2.45, 2.75) is 31.9 Å². The highest BCUT2D eigenvalue weighted by Gasteiger charge is 2.35. The first-order valence-electron chi connectivity index (χ1n) is 10.8. The number of hydrogen-bond acceptors (Lipinski definition) is 6. The lowest BCUT2D eigenvalue weighted by atomic mass is 9.87. The minimum Gasteiger partial charge on any atom is -0.490 e. The van der Waals surface area contributed by atoms with Crippen molar-refractivity contribution < 1.29 is 18.3 Å². The van der Waals surface area contributed by atoms with Crippen LogP contribution < -0.4 is 10.1 Å². The Morgan fingerprint density at radius 2 is 1.78 bits per heavy atom. The molecule has 0 bridgehead atoms. The summed E-state index contributed by atoms with van der Waals surface area (Å²) in [5, 5.41) is 7.41. The lowest BCUT2D eigenvalue weighted by Crippen LogP contribution is -2.52. The molecule has 0 spiro atoms. The normalized spacial score (nSPS) is 21.2. The standard InChI is InChI=1S/C23H25F2N5O2/c1-15-6-18(27-23-26-14-30(28-23)20-9-16(24)8-17(25)10-20)11-21(7-15)32-22-12-19(13-22)29-2-4-31-5-3-29/h6-11,14,19,22H,2-5,12-13H2,1H3,(H,27,28). The van der Waals surface area contributed by atoms with Crippen LogP contribution in [0.5, 0.6) is 5.75 Å². The summed E-state index contributed by atoms with van der Waals surface area (Å²) in [5.41, 5.74) is 2.09. The van der Waals surface area contributed by atoms with Crippen molar-refractivity contribution in [2.24, 2.45) is 0 Å². The fourth-order valence-electron chi connectivity index (χ4n) is 4.20. The second-order valence-electron chi connectivity index (χ2n) is 8.31. The van der Waals surface area contributed by atoms with Gasteiger partial charge in [0.1, 0.15) is 29.8 Å². The molecule has 1 saturated carbocycles. The number of rotatable bonds is 6. The lowest BCUT2D eigenvalue weighted by molar-refractivity contribution is -0.0373. The molecule has 1 aliphatic carbocycles. The molecular formula is C23H25F2N5O2. The van der Waals surface area contributed by atoms with E-state index in [9.17, 15) is 8.78 Å². The average Bonchev–Trinajstić information content (AvgIpc) is 3.18. The van der Waals surface area contributed by atoms with Gasteiger partial charge in [0.2, 0.25) is 5.95 Å². The SMILES string of the molecule is Cc1cc(Nc2ncn(-c3cc(F)cc(F)c3)n2)cc(OC2CC(N3CCOCC3)C2)c1. The number of anilines is 2. The van der Waals surface area contributed by atoms with Crippen molar-refractivity contribution in [3.63, 3.8) is 0 Å². The third-order valence-corrected chi connectivity index (χ3v) is 5.85. The van der Waals surface area contributed by atoms with E-state index in [0.29, 0.717) is 12.0 Å². The zero-order valence-corrected chi connectivity index (χ0v) is 17.8. The van der Waals surface area contributed by atoms with Crippen molar-refractivity contribution in [2.75, 3.05) is 31.6 Å². The van der Waals surface area contributed by atoms with Crippen molar-refractivity contribution in [3.05, 3.63) is 59.9 Å². The molecule has 0 radical (unpaired) electrons. The van der Waals surface area contributed by atoms with Crippen molar-refractivity contribution in [1.29, 1.82) is 0 Å². The van der Waals surface area contributed by atoms with Crippen LogP contribution in [0.1, 0.15) is 18.4 Å². The van der Waals surface area contributed by atoms with E-state index in [1.807, 2.05) is 25.1 Å². The maximum absolute atomic E-state index is 13.5. The summed E-state index contributed by atoms with van der Waals surface area (Å²) in [4.78, 5) is 6.68. The molecule has 2 aromatic carbocycles. The molecule has 2 heterocycles. The van der Waals surface area contributed by atoms with Crippen molar-refractivity contribution >= 4 is 11.6 Å². The summed E-state index contributed by atoms with van der Waals surface area (Å²) in [6.45, 7) is 5.62. The van der Waals surface area contributed by atoms with Crippen LogP contribution in [0, 0.1) is 18.6 Å². The number of halogens is 2. The topological polar surface area (TPSA) is 64.4 Å². The summed E-state index contributed by atoms with van der Waals surface area (Å²) in [7, 11) is 0. The molecule has 2 aliphatic rings. The van der Waals surface area contributed by atoms with Crippen LogP contribution in [0.2, 0.25) is 0 Å². The van der Waals surface area contributed by atoms with Crippen LogP contribution >= 0.6 is 0 Å². The van der Waals surface area contributed by atoms with E-state index >= 15 is 0 Å². The van der Waals surface area contributed by atoms with Gasteiger partial charge in [-0.25, -0.2) is 13.5 Å². The first-order valence-corrected chi connectivity index (χ1v) is 10.8. The fraction of sp³-hybridized carbons (Fsp3) is 0.391. The molecule has 1 aromatic heterocycles. The van der Waals surface area contributed by atoms with E-state index in [4.69, 9.17) is 9.47 Å². The molecule has 7 nitrogen and oxygen atoms in total. The lowest BCUT2D eigenvalue weighted by Gasteiger charge is -2.44. The fourth-order valence-corrected chi connectivity index (χ4v) is 4.20. The molecule has 168 valence electrons. The van der Waals surface area contributed by atoms with Crippen LogP contribution in [0.25, 0.3) is 5.69 Å². The molecule has 9 heteroatoms. The number of nitrogens with zero attached hydrogens (tertiary/aromatic N) is 4. The first-order chi connectivity index (χ1) is 15.5. The minimum absolute atomic E-state index is 0.206. The Morgan fingerprint density at radius 1 is 1.03 bits per heavy atom. The zero-order valence-electron chi connectivity index (χ0n) is 17.8. The molecule has 0 amide bonds. The Morgan fingerprint density at radius 3 is 2.53 bits per heavy atom. The molecule has 2 fully saturated rings. The van der Waals surface area contributed by atoms with Gasteiger partial charge in [-0.3, -0.25) is 4.90 Å².